The van der Waals surface area contributed by atoms with Gasteiger partial charge in [0.1, 0.15) is 6.42 Å². The van der Waals surface area contributed by atoms with E-state index in [1.165, 1.54) is 5.56 Å². The second-order valence-corrected chi connectivity index (χ2v) is 5.50. The van der Waals surface area contributed by atoms with Crippen molar-refractivity contribution in [3.63, 3.8) is 0 Å². The van der Waals surface area contributed by atoms with Crippen molar-refractivity contribution < 1.29 is 9.59 Å². The van der Waals surface area contributed by atoms with E-state index in [1.54, 1.807) is 4.90 Å². The molecule has 108 valence electrons. The highest BCUT2D eigenvalue weighted by Gasteiger charge is 2.31. The van der Waals surface area contributed by atoms with Crippen LogP contribution in [0.5, 0.6) is 0 Å². The number of para-hydroxylation sites is 1. The molecule has 1 N–H and O–H groups in total. The summed E-state index contributed by atoms with van der Waals surface area (Å²) in [7, 11) is 0. The average Bonchev–Trinajstić information content (AvgIpc) is 2.74. The molecule has 1 heterocycles. The Hall–Kier alpha value is -1.84. The summed E-state index contributed by atoms with van der Waals surface area (Å²) in [6, 6.07) is 8.13. The molecule has 0 spiro atoms. The lowest BCUT2D eigenvalue weighted by Gasteiger charge is -2.23. The predicted octanol–water partition coefficient (Wildman–Crippen LogP) is 2.27. The van der Waals surface area contributed by atoms with Crippen molar-refractivity contribution in [1.82, 2.24) is 5.32 Å². The quantitative estimate of drug-likeness (QED) is 0.856. The Balaban J connectivity index is 2.05. The fraction of sp³-hybridized carbons (Fsp3) is 0.500. The molecule has 1 aliphatic rings. The molecule has 2 rings (SSSR count). The first-order valence-electron chi connectivity index (χ1n) is 7.22. The second-order valence-electron chi connectivity index (χ2n) is 5.50. The van der Waals surface area contributed by atoms with E-state index >= 15 is 0 Å². The van der Waals surface area contributed by atoms with Crippen LogP contribution in [0.4, 0.5) is 5.69 Å². The van der Waals surface area contributed by atoms with Gasteiger partial charge in [0.15, 0.2) is 0 Å². The van der Waals surface area contributed by atoms with Crippen molar-refractivity contribution in [1.29, 1.82) is 0 Å². The normalized spacial score (nSPS) is 18.6. The van der Waals surface area contributed by atoms with Gasteiger partial charge in [-0.3, -0.25) is 9.59 Å². The number of benzene rings is 1. The number of anilines is 1. The first-order chi connectivity index (χ1) is 9.52. The van der Waals surface area contributed by atoms with Gasteiger partial charge in [0, 0.05) is 17.8 Å². The van der Waals surface area contributed by atoms with Crippen LogP contribution in [0.2, 0.25) is 0 Å². The number of hydrogen-bond donors (Lipinski definition) is 1. The topological polar surface area (TPSA) is 49.4 Å². The summed E-state index contributed by atoms with van der Waals surface area (Å²) in [5.41, 5.74) is 2.12. The number of nitrogens with one attached hydrogen (secondary N) is 1. The molecule has 0 aromatic heterocycles. The van der Waals surface area contributed by atoms with Crippen LogP contribution in [0.3, 0.4) is 0 Å². The Morgan fingerprint density at radius 3 is 2.80 bits per heavy atom. The Labute approximate surface area is 120 Å². The van der Waals surface area contributed by atoms with Crippen molar-refractivity contribution >= 4 is 17.5 Å². The first-order valence-corrected chi connectivity index (χ1v) is 7.22. The van der Waals surface area contributed by atoms with Gasteiger partial charge in [-0.05, 0) is 38.3 Å². The number of fused-ring (bicyclic) bond motifs is 1. The highest BCUT2D eigenvalue weighted by atomic mass is 16.2. The Morgan fingerprint density at radius 1 is 1.40 bits per heavy atom. The Morgan fingerprint density at radius 2 is 2.10 bits per heavy atom. The lowest BCUT2D eigenvalue weighted by molar-refractivity contribution is -0.128. The molecule has 2 amide bonds. The smallest absolute Gasteiger partial charge is 0.236 e. The lowest BCUT2D eigenvalue weighted by Crippen LogP contribution is -2.40. The molecule has 0 radical (unpaired) electrons. The van der Waals surface area contributed by atoms with Crippen LogP contribution in [-0.2, 0) is 16.0 Å². The van der Waals surface area contributed by atoms with Crippen LogP contribution in [0.1, 0.15) is 39.2 Å². The average molecular weight is 274 g/mol. The molecule has 20 heavy (non-hydrogen) atoms. The third kappa shape index (κ3) is 3.00. The summed E-state index contributed by atoms with van der Waals surface area (Å²) in [5, 5.41) is 2.84. The molecule has 1 aromatic rings. The molecule has 4 heteroatoms. The molecular formula is C16H22N2O2. The van der Waals surface area contributed by atoms with Gasteiger partial charge in [-0.15, -0.1) is 0 Å². The van der Waals surface area contributed by atoms with E-state index in [4.69, 9.17) is 0 Å². The van der Waals surface area contributed by atoms with Crippen molar-refractivity contribution in [2.24, 2.45) is 0 Å². The molecule has 0 saturated heterocycles. The zero-order chi connectivity index (χ0) is 14.7. The predicted molar refractivity (Wildman–Crippen MR) is 79.6 cm³/mol. The number of amides is 2. The zero-order valence-electron chi connectivity index (χ0n) is 12.3. The molecule has 1 aromatic carbocycles. The molecule has 0 aliphatic carbocycles. The number of rotatable bonds is 4. The standard InChI is InChI=1S/C16H22N2O2/c1-4-11(2)17-15(19)10-16(20)18-12(3)9-13-7-5-6-8-14(13)18/h5-8,11-12H,4,9-10H2,1-3H3,(H,17,19). The molecule has 2 unspecified atom stereocenters. The van der Waals surface area contributed by atoms with Gasteiger partial charge in [0.05, 0.1) is 0 Å². The summed E-state index contributed by atoms with van der Waals surface area (Å²) in [4.78, 5) is 26.0. The largest absolute Gasteiger partial charge is 0.353 e. The van der Waals surface area contributed by atoms with E-state index in [0.717, 1.165) is 18.5 Å². The van der Waals surface area contributed by atoms with E-state index < -0.39 is 0 Å². The van der Waals surface area contributed by atoms with Crippen LogP contribution in [0.25, 0.3) is 0 Å². The number of carbonyl (C=O) groups excluding carboxylic acids is 2. The van der Waals surface area contributed by atoms with Crippen LogP contribution in [0.15, 0.2) is 24.3 Å². The maximum Gasteiger partial charge on any atom is 0.236 e. The van der Waals surface area contributed by atoms with E-state index in [1.807, 2.05) is 45.0 Å². The molecule has 2 atom stereocenters. The third-order valence-corrected chi connectivity index (χ3v) is 3.81. The third-order valence-electron chi connectivity index (χ3n) is 3.81. The van der Waals surface area contributed by atoms with Crippen LogP contribution >= 0.6 is 0 Å². The van der Waals surface area contributed by atoms with Gasteiger partial charge in [-0.25, -0.2) is 0 Å². The minimum absolute atomic E-state index is 0.0803. The maximum atomic E-state index is 12.4. The summed E-state index contributed by atoms with van der Waals surface area (Å²) in [6.07, 6.45) is 1.64. The molecule has 0 bridgehead atoms. The molecule has 1 aliphatic heterocycles. The van der Waals surface area contributed by atoms with E-state index in [9.17, 15) is 9.59 Å². The molecule has 0 fully saturated rings. The van der Waals surface area contributed by atoms with Crippen molar-refractivity contribution in [3.8, 4) is 0 Å². The summed E-state index contributed by atoms with van der Waals surface area (Å²) in [5.74, 6) is -0.316. The van der Waals surface area contributed by atoms with Crippen molar-refractivity contribution in [3.05, 3.63) is 29.8 Å². The SMILES string of the molecule is CCC(C)NC(=O)CC(=O)N1c2ccccc2CC1C. The van der Waals surface area contributed by atoms with Crippen LogP contribution in [0, 0.1) is 0 Å². The van der Waals surface area contributed by atoms with Crippen molar-refractivity contribution in [2.45, 2.75) is 52.1 Å². The van der Waals surface area contributed by atoms with E-state index in [-0.39, 0.29) is 30.3 Å². The number of carbonyl (C=O) groups is 2. The summed E-state index contributed by atoms with van der Waals surface area (Å²) >= 11 is 0. The second kappa shape index (κ2) is 6.07. The first kappa shape index (κ1) is 14.6. The summed E-state index contributed by atoms with van der Waals surface area (Å²) < 4.78 is 0. The maximum absolute atomic E-state index is 12.4. The highest BCUT2D eigenvalue weighted by Crippen LogP contribution is 2.32. The van der Waals surface area contributed by atoms with Gasteiger partial charge in [-0.2, -0.15) is 0 Å². The lowest BCUT2D eigenvalue weighted by atomic mass is 10.1. The van der Waals surface area contributed by atoms with Gasteiger partial charge >= 0.3 is 0 Å². The highest BCUT2D eigenvalue weighted by molar-refractivity contribution is 6.06. The summed E-state index contributed by atoms with van der Waals surface area (Å²) in [6.45, 7) is 5.96. The Kier molecular flexibility index (Phi) is 4.42. The van der Waals surface area contributed by atoms with Gasteiger partial charge < -0.3 is 10.2 Å². The zero-order valence-corrected chi connectivity index (χ0v) is 12.3. The van der Waals surface area contributed by atoms with E-state index in [0.29, 0.717) is 0 Å². The molecular weight excluding hydrogens is 252 g/mol. The van der Waals surface area contributed by atoms with Gasteiger partial charge in [0.25, 0.3) is 0 Å². The fourth-order valence-corrected chi connectivity index (χ4v) is 2.60. The van der Waals surface area contributed by atoms with E-state index in [2.05, 4.69) is 5.32 Å². The monoisotopic (exact) mass is 274 g/mol. The minimum atomic E-state index is -0.194. The Bertz CT molecular complexity index is 513. The number of nitrogens with zero attached hydrogens (tertiary/aromatic N) is 1. The van der Waals surface area contributed by atoms with Gasteiger partial charge in [-0.1, -0.05) is 25.1 Å². The van der Waals surface area contributed by atoms with Crippen LogP contribution < -0.4 is 10.2 Å². The van der Waals surface area contributed by atoms with Crippen molar-refractivity contribution in [2.75, 3.05) is 4.90 Å². The molecule has 0 saturated carbocycles. The number of hydrogen-bond acceptors (Lipinski definition) is 2. The molecule has 4 nitrogen and oxygen atoms in total. The minimum Gasteiger partial charge on any atom is -0.353 e. The van der Waals surface area contributed by atoms with Crippen LogP contribution in [-0.4, -0.2) is 23.9 Å². The van der Waals surface area contributed by atoms with Gasteiger partial charge in [0.2, 0.25) is 11.8 Å². The fourth-order valence-electron chi connectivity index (χ4n) is 2.60.